The highest BCUT2D eigenvalue weighted by molar-refractivity contribution is 7.62. The smallest absolute Gasteiger partial charge is 0.361 e. The summed E-state index contributed by atoms with van der Waals surface area (Å²) in [5.41, 5.74) is 0.360. The van der Waals surface area contributed by atoms with Crippen LogP contribution in [-0.2, 0) is 27.9 Å². The predicted molar refractivity (Wildman–Crippen MR) is 132 cm³/mol. The normalized spacial score (nSPS) is 21.0. The van der Waals surface area contributed by atoms with Gasteiger partial charge in [0.15, 0.2) is 6.04 Å². The lowest BCUT2D eigenvalue weighted by Gasteiger charge is -2.33. The molecule has 0 spiro atoms. The SMILES string of the molecule is CCOP(=O)(OCC)c1ccc([C@@H](NC(=O)N2CCN(C3CCC(C(=O)O)CC3)C2=O)C(=O)OC)cc1. The molecule has 1 aliphatic heterocycles. The molecule has 1 aromatic rings. The Morgan fingerprint density at radius 3 is 2.16 bits per heavy atom. The van der Waals surface area contributed by atoms with Gasteiger partial charge in [0.1, 0.15) is 0 Å². The number of amides is 4. The molecule has 1 saturated heterocycles. The van der Waals surface area contributed by atoms with Crippen molar-refractivity contribution in [1.82, 2.24) is 15.1 Å². The van der Waals surface area contributed by atoms with Crippen LogP contribution < -0.4 is 10.6 Å². The third-order valence-electron chi connectivity index (χ3n) is 6.62. The molecule has 0 aromatic heterocycles. The molecular formula is C24H34N3O9P. The lowest BCUT2D eigenvalue weighted by molar-refractivity contribution is -0.144. The number of benzene rings is 1. The first kappa shape index (κ1) is 28.6. The van der Waals surface area contributed by atoms with Crippen LogP contribution in [0.4, 0.5) is 9.59 Å². The average Bonchev–Trinajstić information content (AvgIpc) is 3.28. The van der Waals surface area contributed by atoms with E-state index in [2.05, 4.69) is 5.32 Å². The highest BCUT2D eigenvalue weighted by Crippen LogP contribution is 2.46. The number of imide groups is 1. The molecule has 13 heteroatoms. The molecule has 1 atom stereocenters. The number of carbonyl (C=O) groups excluding carboxylic acids is 3. The van der Waals surface area contributed by atoms with Crippen molar-refractivity contribution in [3.8, 4) is 0 Å². The summed E-state index contributed by atoms with van der Waals surface area (Å²) in [5, 5.41) is 12.1. The summed E-state index contributed by atoms with van der Waals surface area (Å²) >= 11 is 0. The van der Waals surface area contributed by atoms with E-state index < -0.39 is 43.6 Å². The van der Waals surface area contributed by atoms with Crippen molar-refractivity contribution in [2.75, 3.05) is 33.4 Å². The molecule has 204 valence electrons. The van der Waals surface area contributed by atoms with Gasteiger partial charge in [-0.05, 0) is 57.2 Å². The third-order valence-corrected chi connectivity index (χ3v) is 8.75. The van der Waals surface area contributed by atoms with Gasteiger partial charge in [-0.25, -0.2) is 19.3 Å². The average molecular weight is 540 g/mol. The van der Waals surface area contributed by atoms with E-state index in [-0.39, 0.29) is 25.8 Å². The number of carboxylic acids is 1. The van der Waals surface area contributed by atoms with E-state index in [0.717, 1.165) is 4.90 Å². The highest BCUT2D eigenvalue weighted by Gasteiger charge is 2.40. The van der Waals surface area contributed by atoms with Gasteiger partial charge in [-0.15, -0.1) is 0 Å². The number of nitrogens with one attached hydrogen (secondary N) is 1. The zero-order valence-electron chi connectivity index (χ0n) is 21.3. The second-order valence-electron chi connectivity index (χ2n) is 8.80. The number of carbonyl (C=O) groups is 4. The summed E-state index contributed by atoms with van der Waals surface area (Å²) in [6.45, 7) is 4.23. The molecule has 0 radical (unpaired) electrons. The largest absolute Gasteiger partial charge is 0.481 e. The maximum Gasteiger partial charge on any atom is 0.361 e. The maximum atomic E-state index is 13.0. The molecule has 12 nitrogen and oxygen atoms in total. The van der Waals surface area contributed by atoms with E-state index in [0.29, 0.717) is 43.1 Å². The van der Waals surface area contributed by atoms with Crippen molar-refractivity contribution in [3.05, 3.63) is 29.8 Å². The topological polar surface area (TPSA) is 152 Å². The van der Waals surface area contributed by atoms with Gasteiger partial charge in [0.2, 0.25) is 0 Å². The molecule has 1 saturated carbocycles. The van der Waals surface area contributed by atoms with Crippen molar-refractivity contribution in [2.45, 2.75) is 51.6 Å². The second kappa shape index (κ2) is 12.5. The monoisotopic (exact) mass is 539 g/mol. The number of rotatable bonds is 10. The van der Waals surface area contributed by atoms with Crippen molar-refractivity contribution in [3.63, 3.8) is 0 Å². The van der Waals surface area contributed by atoms with E-state index >= 15 is 0 Å². The minimum atomic E-state index is -3.53. The fourth-order valence-electron chi connectivity index (χ4n) is 4.69. The van der Waals surface area contributed by atoms with Crippen LogP contribution in [-0.4, -0.2) is 78.4 Å². The molecule has 0 bridgehead atoms. The highest BCUT2D eigenvalue weighted by atomic mass is 31.2. The van der Waals surface area contributed by atoms with Crippen LogP contribution in [0.5, 0.6) is 0 Å². The van der Waals surface area contributed by atoms with Crippen LogP contribution in [0.1, 0.15) is 51.1 Å². The number of esters is 1. The van der Waals surface area contributed by atoms with E-state index in [9.17, 15) is 28.8 Å². The number of hydrogen-bond acceptors (Lipinski definition) is 8. The Balaban J connectivity index is 1.70. The van der Waals surface area contributed by atoms with Crippen LogP contribution >= 0.6 is 7.60 Å². The van der Waals surface area contributed by atoms with E-state index in [1.165, 1.54) is 31.4 Å². The molecule has 37 heavy (non-hydrogen) atoms. The Bertz CT molecular complexity index is 1030. The second-order valence-corrected chi connectivity index (χ2v) is 10.8. The predicted octanol–water partition coefficient (Wildman–Crippen LogP) is 2.88. The molecule has 2 N–H and O–H groups in total. The van der Waals surface area contributed by atoms with Gasteiger partial charge in [-0.2, -0.15) is 0 Å². The Morgan fingerprint density at radius 1 is 1.05 bits per heavy atom. The molecule has 1 heterocycles. The summed E-state index contributed by atoms with van der Waals surface area (Å²) in [6, 6.07) is 3.46. The molecule has 0 unspecified atom stereocenters. The number of nitrogens with zero attached hydrogens (tertiary/aromatic N) is 2. The number of aliphatic carboxylic acids is 1. The fraction of sp³-hybridized carbons (Fsp3) is 0.583. The van der Waals surface area contributed by atoms with Gasteiger partial charge < -0.3 is 29.1 Å². The van der Waals surface area contributed by atoms with Crippen molar-refractivity contribution in [1.29, 1.82) is 0 Å². The lowest BCUT2D eigenvalue weighted by atomic mass is 9.85. The fourth-order valence-corrected chi connectivity index (χ4v) is 6.26. The number of urea groups is 2. The minimum absolute atomic E-state index is 0.129. The Kier molecular flexibility index (Phi) is 9.69. The molecule has 1 aromatic carbocycles. The molecule has 4 amide bonds. The summed E-state index contributed by atoms with van der Waals surface area (Å²) in [6.07, 6.45) is 2.08. The van der Waals surface area contributed by atoms with Crippen molar-refractivity contribution < 1.29 is 42.6 Å². The van der Waals surface area contributed by atoms with E-state index in [1.54, 1.807) is 18.7 Å². The molecule has 2 fully saturated rings. The van der Waals surface area contributed by atoms with E-state index in [4.69, 9.17) is 13.8 Å². The summed E-state index contributed by atoms with van der Waals surface area (Å²) in [7, 11) is -2.34. The van der Waals surface area contributed by atoms with Crippen LogP contribution in [0.3, 0.4) is 0 Å². The Morgan fingerprint density at radius 2 is 1.65 bits per heavy atom. The lowest BCUT2D eigenvalue weighted by Crippen LogP contribution is -2.47. The third kappa shape index (κ3) is 6.49. The standard InChI is InChI=1S/C24H34N3O9P/c1-4-35-37(33,36-5-2)19-12-8-16(9-13-19)20(22(30)34-3)25-23(31)27-15-14-26(24(27)32)18-10-6-17(7-11-18)21(28)29/h8-9,12-13,17-18,20H,4-7,10-11,14-15H2,1-3H3,(H,25,31)(H,28,29)/t17?,18?,20-/m1/s1. The molecule has 2 aliphatic rings. The first-order valence-electron chi connectivity index (χ1n) is 12.3. The van der Waals surface area contributed by atoms with Gasteiger partial charge in [0.05, 0.1) is 31.5 Å². The number of methoxy groups -OCH3 is 1. The molecular weight excluding hydrogens is 505 g/mol. The zero-order chi connectivity index (χ0) is 27.2. The Labute approximate surface area is 215 Å². The quantitative estimate of drug-likeness (QED) is 0.338. The maximum absolute atomic E-state index is 13.0. The summed E-state index contributed by atoms with van der Waals surface area (Å²) in [4.78, 5) is 52.4. The molecule has 3 rings (SSSR count). The van der Waals surface area contributed by atoms with Gasteiger partial charge in [-0.1, -0.05) is 12.1 Å². The van der Waals surface area contributed by atoms with Crippen LogP contribution in [0.15, 0.2) is 24.3 Å². The van der Waals surface area contributed by atoms with E-state index in [1.807, 2.05) is 0 Å². The Hall–Kier alpha value is -2.95. The number of ether oxygens (including phenoxy) is 1. The van der Waals surface area contributed by atoms with Crippen molar-refractivity contribution in [2.24, 2.45) is 5.92 Å². The van der Waals surface area contributed by atoms with Crippen LogP contribution in [0.25, 0.3) is 0 Å². The van der Waals surface area contributed by atoms with Gasteiger partial charge in [0, 0.05) is 19.1 Å². The minimum Gasteiger partial charge on any atom is -0.481 e. The zero-order valence-corrected chi connectivity index (χ0v) is 22.1. The summed E-state index contributed by atoms with van der Waals surface area (Å²) in [5.74, 6) is -1.97. The van der Waals surface area contributed by atoms with Gasteiger partial charge in [-0.3, -0.25) is 9.36 Å². The summed E-state index contributed by atoms with van der Waals surface area (Å²) < 4.78 is 28.5. The first-order valence-corrected chi connectivity index (χ1v) is 13.9. The number of carboxylic acid groups (broad SMARTS) is 1. The van der Waals surface area contributed by atoms with Gasteiger partial charge >= 0.3 is 31.6 Å². The van der Waals surface area contributed by atoms with Gasteiger partial charge in [0.25, 0.3) is 0 Å². The van der Waals surface area contributed by atoms with Crippen LogP contribution in [0.2, 0.25) is 0 Å². The van der Waals surface area contributed by atoms with Crippen LogP contribution in [0, 0.1) is 5.92 Å². The molecule has 1 aliphatic carbocycles. The van der Waals surface area contributed by atoms with Crippen molar-refractivity contribution >= 4 is 36.9 Å². The first-order chi connectivity index (χ1) is 17.6. The number of hydrogen-bond donors (Lipinski definition) is 2.